The second-order valence-electron chi connectivity index (χ2n) is 2.97. The van der Waals surface area contributed by atoms with E-state index in [1.165, 1.54) is 12.3 Å². The third kappa shape index (κ3) is 1.31. The second kappa shape index (κ2) is 3.06. The van der Waals surface area contributed by atoms with Gasteiger partial charge in [0, 0.05) is 10.9 Å². The molecular formula is C10H8O4. The first-order valence-electron chi connectivity index (χ1n) is 4.08. The van der Waals surface area contributed by atoms with Crippen molar-refractivity contribution in [3.8, 4) is 5.75 Å². The Bertz CT molecular complexity index is 484. The molecule has 0 amide bonds. The Morgan fingerprint density at radius 2 is 2.14 bits per heavy atom. The van der Waals surface area contributed by atoms with E-state index in [0.717, 1.165) is 0 Å². The van der Waals surface area contributed by atoms with Crippen molar-refractivity contribution in [2.75, 3.05) is 0 Å². The van der Waals surface area contributed by atoms with Crippen molar-refractivity contribution in [1.82, 2.24) is 0 Å². The molecular weight excluding hydrogens is 184 g/mol. The third-order valence-corrected chi connectivity index (χ3v) is 2.05. The van der Waals surface area contributed by atoms with Crippen molar-refractivity contribution in [1.29, 1.82) is 0 Å². The standard InChI is InChI=1S/C10H8O4/c11-8-1-2-9-6(3-4-14-9)7(8)5-10(12)13/h1-4,11H,5H2,(H,12,13). The van der Waals surface area contributed by atoms with Crippen LogP contribution in [0.25, 0.3) is 11.0 Å². The molecule has 1 aromatic carbocycles. The average molecular weight is 192 g/mol. The van der Waals surface area contributed by atoms with Gasteiger partial charge in [0.05, 0.1) is 12.7 Å². The zero-order chi connectivity index (χ0) is 10.1. The predicted octanol–water partition coefficient (Wildman–Crippen LogP) is 1.77. The Hall–Kier alpha value is -1.97. The van der Waals surface area contributed by atoms with Crippen LogP contribution in [0.4, 0.5) is 0 Å². The molecule has 72 valence electrons. The number of phenols is 1. The highest BCUT2D eigenvalue weighted by Crippen LogP contribution is 2.28. The summed E-state index contributed by atoms with van der Waals surface area (Å²) in [6.45, 7) is 0. The van der Waals surface area contributed by atoms with Gasteiger partial charge in [0.25, 0.3) is 0 Å². The molecule has 0 spiro atoms. The fraction of sp³-hybridized carbons (Fsp3) is 0.100. The molecule has 4 heteroatoms. The van der Waals surface area contributed by atoms with Crippen molar-refractivity contribution in [3.63, 3.8) is 0 Å². The summed E-state index contributed by atoms with van der Waals surface area (Å²) in [5.74, 6) is -0.990. The number of carboxylic acid groups (broad SMARTS) is 1. The zero-order valence-electron chi connectivity index (χ0n) is 7.23. The van der Waals surface area contributed by atoms with Gasteiger partial charge in [-0.2, -0.15) is 0 Å². The molecule has 2 rings (SSSR count). The van der Waals surface area contributed by atoms with Gasteiger partial charge in [-0.05, 0) is 18.2 Å². The lowest BCUT2D eigenvalue weighted by atomic mass is 10.1. The molecule has 0 saturated carbocycles. The van der Waals surface area contributed by atoms with Crippen LogP contribution in [0.3, 0.4) is 0 Å². The fourth-order valence-corrected chi connectivity index (χ4v) is 1.43. The van der Waals surface area contributed by atoms with E-state index in [9.17, 15) is 9.90 Å². The number of aromatic hydroxyl groups is 1. The van der Waals surface area contributed by atoms with Gasteiger partial charge in [-0.15, -0.1) is 0 Å². The molecule has 2 aromatic rings. The van der Waals surface area contributed by atoms with Crippen LogP contribution in [-0.4, -0.2) is 16.2 Å². The van der Waals surface area contributed by atoms with Crippen molar-refractivity contribution >= 4 is 16.9 Å². The normalized spacial score (nSPS) is 10.6. The zero-order valence-corrected chi connectivity index (χ0v) is 7.23. The molecule has 14 heavy (non-hydrogen) atoms. The molecule has 0 aliphatic rings. The minimum absolute atomic E-state index is 0.0127. The van der Waals surface area contributed by atoms with Crippen LogP contribution in [-0.2, 0) is 11.2 Å². The Labute approximate surface area is 79.4 Å². The molecule has 4 nitrogen and oxygen atoms in total. The molecule has 0 saturated heterocycles. The molecule has 0 aliphatic heterocycles. The van der Waals surface area contributed by atoms with Gasteiger partial charge in [0.2, 0.25) is 0 Å². The van der Waals surface area contributed by atoms with Crippen LogP contribution in [0.1, 0.15) is 5.56 Å². The first-order valence-corrected chi connectivity index (χ1v) is 4.08. The molecule has 0 bridgehead atoms. The van der Waals surface area contributed by atoms with E-state index in [2.05, 4.69) is 0 Å². The van der Waals surface area contributed by atoms with E-state index in [0.29, 0.717) is 16.5 Å². The highest BCUT2D eigenvalue weighted by Gasteiger charge is 2.11. The third-order valence-electron chi connectivity index (χ3n) is 2.05. The van der Waals surface area contributed by atoms with Crippen LogP contribution in [0.5, 0.6) is 5.75 Å². The number of hydrogen-bond acceptors (Lipinski definition) is 3. The van der Waals surface area contributed by atoms with Crippen LogP contribution < -0.4 is 0 Å². The molecule has 0 fully saturated rings. The first kappa shape index (κ1) is 8.62. The summed E-state index contributed by atoms with van der Waals surface area (Å²) in [4.78, 5) is 10.5. The fourth-order valence-electron chi connectivity index (χ4n) is 1.43. The topological polar surface area (TPSA) is 70.7 Å². The van der Waals surface area contributed by atoms with Gasteiger partial charge >= 0.3 is 5.97 Å². The summed E-state index contributed by atoms with van der Waals surface area (Å²) < 4.78 is 5.09. The number of aliphatic carboxylic acids is 1. The van der Waals surface area contributed by atoms with Crippen molar-refractivity contribution < 1.29 is 19.4 Å². The summed E-state index contributed by atoms with van der Waals surface area (Å²) in [7, 11) is 0. The maximum Gasteiger partial charge on any atom is 0.307 e. The maximum atomic E-state index is 10.5. The average Bonchev–Trinajstić information content (AvgIpc) is 2.57. The largest absolute Gasteiger partial charge is 0.508 e. The van der Waals surface area contributed by atoms with Crippen molar-refractivity contribution in [2.45, 2.75) is 6.42 Å². The summed E-state index contributed by atoms with van der Waals surface area (Å²) in [6.07, 6.45) is 1.26. The number of furan rings is 1. The van der Waals surface area contributed by atoms with Crippen LogP contribution in [0.2, 0.25) is 0 Å². The van der Waals surface area contributed by atoms with Crippen LogP contribution >= 0.6 is 0 Å². The second-order valence-corrected chi connectivity index (χ2v) is 2.97. The van der Waals surface area contributed by atoms with Gasteiger partial charge in [-0.3, -0.25) is 4.79 Å². The van der Waals surface area contributed by atoms with Gasteiger partial charge in [0.1, 0.15) is 11.3 Å². The summed E-state index contributed by atoms with van der Waals surface area (Å²) >= 11 is 0. The van der Waals surface area contributed by atoms with Crippen LogP contribution in [0.15, 0.2) is 28.9 Å². The first-order chi connectivity index (χ1) is 6.68. The minimum Gasteiger partial charge on any atom is -0.508 e. The lowest BCUT2D eigenvalue weighted by Gasteiger charge is -2.01. The Morgan fingerprint density at radius 1 is 1.36 bits per heavy atom. The van der Waals surface area contributed by atoms with E-state index in [-0.39, 0.29) is 12.2 Å². The molecule has 2 N–H and O–H groups in total. The summed E-state index contributed by atoms with van der Waals surface area (Å²) in [5.41, 5.74) is 0.975. The number of hydrogen-bond donors (Lipinski definition) is 2. The van der Waals surface area contributed by atoms with Gasteiger partial charge in [0.15, 0.2) is 0 Å². The lowest BCUT2D eigenvalue weighted by Crippen LogP contribution is -2.00. The summed E-state index contributed by atoms with van der Waals surface area (Å²) in [6, 6.07) is 4.69. The molecule has 0 radical (unpaired) electrons. The van der Waals surface area contributed by atoms with Crippen molar-refractivity contribution in [3.05, 3.63) is 30.0 Å². The maximum absolute atomic E-state index is 10.5. The lowest BCUT2D eigenvalue weighted by molar-refractivity contribution is -0.136. The number of carbonyl (C=O) groups is 1. The number of rotatable bonds is 2. The Morgan fingerprint density at radius 3 is 2.86 bits per heavy atom. The molecule has 0 aliphatic carbocycles. The van der Waals surface area contributed by atoms with E-state index >= 15 is 0 Å². The number of benzene rings is 1. The smallest absolute Gasteiger partial charge is 0.307 e. The number of carboxylic acids is 1. The highest BCUT2D eigenvalue weighted by molar-refractivity contribution is 5.87. The Kier molecular flexibility index (Phi) is 1.89. The molecule has 0 atom stereocenters. The van der Waals surface area contributed by atoms with Crippen LogP contribution in [0, 0.1) is 0 Å². The van der Waals surface area contributed by atoms with Gasteiger partial charge < -0.3 is 14.6 Å². The predicted molar refractivity (Wildman–Crippen MR) is 49.2 cm³/mol. The molecule has 0 unspecified atom stereocenters. The molecule has 1 aromatic heterocycles. The monoisotopic (exact) mass is 192 g/mol. The van der Waals surface area contributed by atoms with Gasteiger partial charge in [-0.1, -0.05) is 0 Å². The SMILES string of the molecule is O=C(O)Cc1c(O)ccc2occc12. The van der Waals surface area contributed by atoms with E-state index in [1.807, 2.05) is 0 Å². The summed E-state index contributed by atoms with van der Waals surface area (Å²) in [5, 5.41) is 18.8. The number of fused-ring (bicyclic) bond motifs is 1. The number of phenolic OH excluding ortho intramolecular Hbond substituents is 1. The van der Waals surface area contributed by atoms with Crippen molar-refractivity contribution in [2.24, 2.45) is 0 Å². The van der Waals surface area contributed by atoms with E-state index in [4.69, 9.17) is 9.52 Å². The van der Waals surface area contributed by atoms with E-state index in [1.54, 1.807) is 12.1 Å². The Balaban J connectivity index is 2.64. The minimum atomic E-state index is -0.978. The quantitative estimate of drug-likeness (QED) is 0.760. The highest BCUT2D eigenvalue weighted by atomic mass is 16.4. The van der Waals surface area contributed by atoms with Gasteiger partial charge in [-0.25, -0.2) is 0 Å². The molecule has 1 heterocycles. The van der Waals surface area contributed by atoms with E-state index < -0.39 is 5.97 Å².